The third kappa shape index (κ3) is 5.15. The normalized spacial score (nSPS) is 10.6. The summed E-state index contributed by atoms with van der Waals surface area (Å²) in [5, 5.41) is 0.467. The number of hydrogen-bond acceptors (Lipinski definition) is 4. The van der Waals surface area contributed by atoms with Gasteiger partial charge in [-0.3, -0.25) is 9.69 Å². The molecule has 0 saturated heterocycles. The van der Waals surface area contributed by atoms with Crippen molar-refractivity contribution in [3.05, 3.63) is 29.0 Å². The lowest BCUT2D eigenvalue weighted by atomic mass is 10.2. The van der Waals surface area contributed by atoms with Crippen molar-refractivity contribution in [1.82, 2.24) is 9.88 Å². The van der Waals surface area contributed by atoms with Crippen LogP contribution in [0.5, 0.6) is 0 Å². The molecule has 0 aromatic carbocycles. The van der Waals surface area contributed by atoms with Crippen molar-refractivity contribution < 1.29 is 9.53 Å². The highest BCUT2D eigenvalue weighted by molar-refractivity contribution is 6.29. The lowest BCUT2D eigenvalue weighted by Crippen LogP contribution is -2.30. The van der Waals surface area contributed by atoms with Gasteiger partial charge < -0.3 is 4.74 Å². The van der Waals surface area contributed by atoms with Crippen molar-refractivity contribution in [1.29, 1.82) is 0 Å². The van der Waals surface area contributed by atoms with Gasteiger partial charge in [0.25, 0.3) is 0 Å². The number of carbonyl (C=O) groups is 1. The predicted octanol–water partition coefficient (Wildman–Crippen LogP) is 2.12. The van der Waals surface area contributed by atoms with Gasteiger partial charge in [0.05, 0.1) is 13.2 Å². The molecule has 4 nitrogen and oxygen atoms in total. The van der Waals surface area contributed by atoms with Crippen LogP contribution < -0.4 is 0 Å². The standard InChI is InChI=1S/C12H17ClN2O2/c1-3-15(9-12(16)17-4-2)8-10-5-6-14-11(13)7-10/h5-7H,3-4,8-9H2,1-2H3. The Morgan fingerprint density at radius 2 is 2.29 bits per heavy atom. The molecule has 0 atom stereocenters. The second-order valence-electron chi connectivity index (χ2n) is 3.60. The summed E-state index contributed by atoms with van der Waals surface area (Å²) in [5.41, 5.74) is 1.04. The first-order chi connectivity index (χ1) is 8.15. The fourth-order valence-corrected chi connectivity index (χ4v) is 1.66. The van der Waals surface area contributed by atoms with Crippen LogP contribution in [0.2, 0.25) is 5.15 Å². The highest BCUT2D eigenvalue weighted by Gasteiger charge is 2.10. The van der Waals surface area contributed by atoms with Gasteiger partial charge in [-0.25, -0.2) is 4.98 Å². The number of nitrogens with zero attached hydrogens (tertiary/aromatic N) is 2. The van der Waals surface area contributed by atoms with Gasteiger partial charge in [0.1, 0.15) is 5.15 Å². The number of ether oxygens (including phenoxy) is 1. The number of halogens is 1. The molecule has 1 aromatic heterocycles. The van der Waals surface area contributed by atoms with E-state index >= 15 is 0 Å². The molecule has 0 aliphatic rings. The molecule has 1 aromatic rings. The van der Waals surface area contributed by atoms with Gasteiger partial charge in [-0.2, -0.15) is 0 Å². The molecule has 0 amide bonds. The molecule has 0 aliphatic carbocycles. The first kappa shape index (κ1) is 13.9. The summed E-state index contributed by atoms with van der Waals surface area (Å²) in [5.74, 6) is -0.200. The highest BCUT2D eigenvalue weighted by Crippen LogP contribution is 2.09. The predicted molar refractivity (Wildman–Crippen MR) is 66.8 cm³/mol. The van der Waals surface area contributed by atoms with Gasteiger partial charge in [0.15, 0.2) is 0 Å². The third-order valence-electron chi connectivity index (χ3n) is 2.30. The maximum absolute atomic E-state index is 11.4. The molecule has 94 valence electrons. The summed E-state index contributed by atoms with van der Waals surface area (Å²) in [7, 11) is 0. The summed E-state index contributed by atoms with van der Waals surface area (Å²) in [6.45, 7) is 5.96. The van der Waals surface area contributed by atoms with E-state index in [0.29, 0.717) is 24.8 Å². The second kappa shape index (κ2) is 7.25. The van der Waals surface area contributed by atoms with Crippen molar-refractivity contribution in [3.63, 3.8) is 0 Å². The van der Waals surface area contributed by atoms with E-state index in [1.807, 2.05) is 17.9 Å². The number of hydrogen-bond donors (Lipinski definition) is 0. The van der Waals surface area contributed by atoms with Gasteiger partial charge in [0.2, 0.25) is 0 Å². The minimum Gasteiger partial charge on any atom is -0.465 e. The van der Waals surface area contributed by atoms with Crippen LogP contribution in [0.25, 0.3) is 0 Å². The molecule has 0 radical (unpaired) electrons. The summed E-state index contributed by atoms with van der Waals surface area (Å²) in [4.78, 5) is 17.3. The molecule has 0 N–H and O–H groups in total. The van der Waals surface area contributed by atoms with Crippen LogP contribution >= 0.6 is 11.6 Å². The van der Waals surface area contributed by atoms with E-state index in [9.17, 15) is 4.79 Å². The van der Waals surface area contributed by atoms with Gasteiger partial charge in [-0.1, -0.05) is 18.5 Å². The quantitative estimate of drug-likeness (QED) is 0.578. The highest BCUT2D eigenvalue weighted by atomic mass is 35.5. The molecule has 17 heavy (non-hydrogen) atoms. The maximum Gasteiger partial charge on any atom is 0.320 e. The molecule has 0 saturated carbocycles. The smallest absolute Gasteiger partial charge is 0.320 e. The average Bonchev–Trinajstić information content (AvgIpc) is 2.28. The first-order valence-electron chi connectivity index (χ1n) is 5.64. The topological polar surface area (TPSA) is 42.4 Å². The molecule has 1 rings (SSSR count). The van der Waals surface area contributed by atoms with Crippen LogP contribution in [-0.4, -0.2) is 35.5 Å². The minimum atomic E-state index is -0.200. The average molecular weight is 257 g/mol. The number of pyridine rings is 1. The third-order valence-corrected chi connectivity index (χ3v) is 2.51. The Morgan fingerprint density at radius 3 is 2.88 bits per heavy atom. The number of carbonyl (C=O) groups excluding carboxylic acids is 1. The SMILES string of the molecule is CCOC(=O)CN(CC)Cc1ccnc(Cl)c1. The van der Waals surface area contributed by atoms with Crippen molar-refractivity contribution >= 4 is 17.6 Å². The Bertz CT molecular complexity index is 371. The van der Waals surface area contributed by atoms with E-state index in [4.69, 9.17) is 16.3 Å². The molecule has 0 bridgehead atoms. The summed E-state index contributed by atoms with van der Waals surface area (Å²) in [6, 6.07) is 3.69. The van der Waals surface area contributed by atoms with Crippen LogP contribution in [0.1, 0.15) is 19.4 Å². The van der Waals surface area contributed by atoms with E-state index in [2.05, 4.69) is 4.98 Å². The molecule has 5 heteroatoms. The number of rotatable bonds is 6. The van der Waals surface area contributed by atoms with E-state index in [1.54, 1.807) is 19.2 Å². The fraction of sp³-hybridized carbons (Fsp3) is 0.500. The monoisotopic (exact) mass is 256 g/mol. The summed E-state index contributed by atoms with van der Waals surface area (Å²) in [6.07, 6.45) is 1.66. The molecule has 0 spiro atoms. The Kier molecular flexibility index (Phi) is 5.94. The van der Waals surface area contributed by atoms with Crippen LogP contribution in [0, 0.1) is 0 Å². The molecule has 0 fully saturated rings. The molecular weight excluding hydrogens is 240 g/mol. The minimum absolute atomic E-state index is 0.200. The zero-order chi connectivity index (χ0) is 12.7. The van der Waals surface area contributed by atoms with Gasteiger partial charge in [0, 0.05) is 12.7 Å². The van der Waals surface area contributed by atoms with Gasteiger partial charge in [-0.15, -0.1) is 0 Å². The van der Waals surface area contributed by atoms with Crippen molar-refractivity contribution in [2.45, 2.75) is 20.4 Å². The Balaban J connectivity index is 2.54. The van der Waals surface area contributed by atoms with E-state index in [-0.39, 0.29) is 5.97 Å². The number of esters is 1. The Labute approximate surface area is 107 Å². The zero-order valence-electron chi connectivity index (χ0n) is 10.1. The van der Waals surface area contributed by atoms with E-state index in [0.717, 1.165) is 12.1 Å². The summed E-state index contributed by atoms with van der Waals surface area (Å²) >= 11 is 5.81. The maximum atomic E-state index is 11.4. The number of likely N-dealkylation sites (N-methyl/N-ethyl adjacent to an activating group) is 1. The van der Waals surface area contributed by atoms with Crippen molar-refractivity contribution in [3.8, 4) is 0 Å². The van der Waals surface area contributed by atoms with Crippen LogP contribution in [0.4, 0.5) is 0 Å². The van der Waals surface area contributed by atoms with Crippen LogP contribution in [-0.2, 0) is 16.1 Å². The Morgan fingerprint density at radius 1 is 1.53 bits per heavy atom. The largest absolute Gasteiger partial charge is 0.465 e. The molecular formula is C12H17ClN2O2. The van der Waals surface area contributed by atoms with E-state index in [1.165, 1.54) is 0 Å². The lowest BCUT2D eigenvalue weighted by Gasteiger charge is -2.19. The van der Waals surface area contributed by atoms with Crippen molar-refractivity contribution in [2.75, 3.05) is 19.7 Å². The lowest BCUT2D eigenvalue weighted by molar-refractivity contribution is -0.144. The number of aromatic nitrogens is 1. The van der Waals surface area contributed by atoms with Crippen LogP contribution in [0.15, 0.2) is 18.3 Å². The molecule has 1 heterocycles. The summed E-state index contributed by atoms with van der Waals surface area (Å²) < 4.78 is 4.92. The van der Waals surface area contributed by atoms with Crippen LogP contribution in [0.3, 0.4) is 0 Å². The zero-order valence-corrected chi connectivity index (χ0v) is 10.9. The van der Waals surface area contributed by atoms with E-state index < -0.39 is 0 Å². The molecule has 0 aliphatic heterocycles. The fourth-order valence-electron chi connectivity index (χ4n) is 1.47. The van der Waals surface area contributed by atoms with Crippen molar-refractivity contribution in [2.24, 2.45) is 0 Å². The Hall–Kier alpha value is -1.13. The first-order valence-corrected chi connectivity index (χ1v) is 6.02. The van der Waals surface area contributed by atoms with Gasteiger partial charge in [-0.05, 0) is 31.2 Å². The van der Waals surface area contributed by atoms with Gasteiger partial charge >= 0.3 is 5.97 Å². The molecule has 0 unspecified atom stereocenters. The second-order valence-corrected chi connectivity index (χ2v) is 3.98.